The van der Waals surface area contributed by atoms with E-state index >= 15 is 0 Å². The second-order valence-corrected chi connectivity index (χ2v) is 8.52. The number of aromatic nitrogens is 2. The van der Waals surface area contributed by atoms with Crippen LogP contribution in [0.25, 0.3) is 10.9 Å². The minimum absolute atomic E-state index is 0.00455. The molecule has 2 aromatic carbocycles. The molecule has 1 atom stereocenters. The van der Waals surface area contributed by atoms with Gasteiger partial charge in [0.25, 0.3) is 5.56 Å². The summed E-state index contributed by atoms with van der Waals surface area (Å²) >= 11 is 5.56. The molecule has 6 nitrogen and oxygen atoms in total. The van der Waals surface area contributed by atoms with E-state index in [4.69, 9.17) is 15.0 Å². The summed E-state index contributed by atoms with van der Waals surface area (Å²) in [6.07, 6.45) is 2.47. The first-order valence-electron chi connectivity index (χ1n) is 9.00. The second kappa shape index (κ2) is 9.50. The lowest BCUT2D eigenvalue weighted by Crippen LogP contribution is -2.23. The lowest BCUT2D eigenvalue weighted by Gasteiger charge is -2.14. The van der Waals surface area contributed by atoms with Crippen molar-refractivity contribution in [1.29, 1.82) is 5.26 Å². The van der Waals surface area contributed by atoms with Crippen molar-refractivity contribution in [3.63, 3.8) is 0 Å². The summed E-state index contributed by atoms with van der Waals surface area (Å²) in [4.78, 5) is 17.8. The molecule has 1 aromatic heterocycles. The van der Waals surface area contributed by atoms with Crippen LogP contribution < -0.4 is 10.3 Å². The number of rotatable bonds is 6. The molecule has 0 aliphatic carbocycles. The van der Waals surface area contributed by atoms with Gasteiger partial charge in [-0.3, -0.25) is 4.79 Å². The van der Waals surface area contributed by atoms with Crippen molar-refractivity contribution in [2.24, 2.45) is 5.10 Å². The third-order valence-electron chi connectivity index (χ3n) is 4.46. The van der Waals surface area contributed by atoms with Crippen LogP contribution in [-0.2, 0) is 0 Å². The van der Waals surface area contributed by atoms with E-state index in [-0.39, 0.29) is 18.1 Å². The van der Waals surface area contributed by atoms with Crippen molar-refractivity contribution >= 4 is 55.6 Å². The van der Waals surface area contributed by atoms with Crippen LogP contribution >= 0.6 is 38.5 Å². The van der Waals surface area contributed by atoms with Crippen LogP contribution in [0.4, 0.5) is 0 Å². The Bertz CT molecular complexity index is 1180. The van der Waals surface area contributed by atoms with Gasteiger partial charge < -0.3 is 4.74 Å². The lowest BCUT2D eigenvalue weighted by atomic mass is 10.1. The number of nitrogens with zero attached hydrogens (tertiary/aromatic N) is 4. The van der Waals surface area contributed by atoms with E-state index in [1.165, 1.54) is 4.68 Å². The molecule has 0 saturated heterocycles. The van der Waals surface area contributed by atoms with Gasteiger partial charge in [0.2, 0.25) is 0 Å². The number of hydrogen-bond donors (Lipinski definition) is 0. The maximum absolute atomic E-state index is 13.1. The van der Waals surface area contributed by atoms with Crippen LogP contribution in [0.5, 0.6) is 5.75 Å². The summed E-state index contributed by atoms with van der Waals surface area (Å²) < 4.78 is 8.43. The number of benzene rings is 2. The molecular weight excluding hydrogens is 547 g/mol. The van der Waals surface area contributed by atoms with Crippen LogP contribution in [0.1, 0.15) is 37.6 Å². The van der Waals surface area contributed by atoms with Crippen molar-refractivity contribution in [3.05, 3.63) is 66.2 Å². The molecular formula is C21H18BrIN4O2. The fourth-order valence-electron chi connectivity index (χ4n) is 2.73. The Morgan fingerprint density at radius 2 is 2.17 bits per heavy atom. The summed E-state index contributed by atoms with van der Waals surface area (Å²) in [7, 11) is 0. The third kappa shape index (κ3) is 4.85. The Hall–Kier alpha value is -2.25. The maximum atomic E-state index is 13.1. The standard InChI is InChI=1S/C21H18BrIN4O2/c1-3-13(2)20-26-18-6-5-15(22)11-16(18)21(28)27(20)25-12-14-4-7-19(17(23)10-14)29-9-8-24/h4-7,10-13H,3,9H2,1-2H3/t13-/m0/s1. The molecule has 3 rings (SSSR count). The highest BCUT2D eigenvalue weighted by atomic mass is 127. The average Bonchev–Trinajstić information content (AvgIpc) is 2.72. The van der Waals surface area contributed by atoms with Gasteiger partial charge in [-0.1, -0.05) is 29.8 Å². The van der Waals surface area contributed by atoms with Gasteiger partial charge in [0, 0.05) is 10.4 Å². The van der Waals surface area contributed by atoms with Gasteiger partial charge in [-0.25, -0.2) is 4.98 Å². The maximum Gasteiger partial charge on any atom is 0.282 e. The zero-order chi connectivity index (χ0) is 21.0. The summed E-state index contributed by atoms with van der Waals surface area (Å²) in [6, 6.07) is 12.9. The van der Waals surface area contributed by atoms with Gasteiger partial charge >= 0.3 is 0 Å². The van der Waals surface area contributed by atoms with Crippen LogP contribution in [0.3, 0.4) is 0 Å². The van der Waals surface area contributed by atoms with Gasteiger partial charge in [0.1, 0.15) is 17.6 Å². The molecule has 0 saturated carbocycles. The van der Waals surface area contributed by atoms with Crippen LogP contribution in [-0.4, -0.2) is 22.5 Å². The summed E-state index contributed by atoms with van der Waals surface area (Å²) in [5, 5.41) is 13.6. The highest BCUT2D eigenvalue weighted by molar-refractivity contribution is 14.1. The number of nitriles is 1. The fraction of sp³-hybridized carbons (Fsp3) is 0.238. The Labute approximate surface area is 190 Å². The van der Waals surface area contributed by atoms with Gasteiger partial charge in [0.05, 0.1) is 20.7 Å². The van der Waals surface area contributed by atoms with Crippen LogP contribution in [0, 0.1) is 14.9 Å². The SMILES string of the molecule is CC[C@H](C)c1nc2ccc(Br)cc2c(=O)n1N=Cc1ccc(OCC#N)c(I)c1. The predicted octanol–water partition coefficient (Wildman–Crippen LogP) is 5.06. The Morgan fingerprint density at radius 3 is 2.86 bits per heavy atom. The zero-order valence-corrected chi connectivity index (χ0v) is 19.6. The number of hydrogen-bond acceptors (Lipinski definition) is 5. The molecule has 1 heterocycles. The molecule has 0 aliphatic heterocycles. The van der Waals surface area contributed by atoms with Crippen molar-refractivity contribution in [1.82, 2.24) is 9.66 Å². The molecule has 0 unspecified atom stereocenters. The van der Waals surface area contributed by atoms with E-state index in [2.05, 4.69) is 50.5 Å². The first kappa shape index (κ1) is 21.5. The molecule has 0 aliphatic rings. The summed E-state index contributed by atoms with van der Waals surface area (Å²) in [5.41, 5.74) is 1.27. The van der Waals surface area contributed by atoms with E-state index in [1.807, 2.05) is 37.3 Å². The van der Waals surface area contributed by atoms with Gasteiger partial charge in [-0.15, -0.1) is 0 Å². The molecule has 0 N–H and O–H groups in total. The van der Waals surface area contributed by atoms with Gasteiger partial charge in [0.15, 0.2) is 6.61 Å². The largest absolute Gasteiger partial charge is 0.478 e. The van der Waals surface area contributed by atoms with E-state index in [0.717, 1.165) is 20.0 Å². The molecule has 8 heteroatoms. The monoisotopic (exact) mass is 564 g/mol. The fourth-order valence-corrected chi connectivity index (χ4v) is 3.78. The van der Waals surface area contributed by atoms with Crippen molar-refractivity contribution in [2.75, 3.05) is 6.61 Å². The predicted molar refractivity (Wildman–Crippen MR) is 126 cm³/mol. The molecule has 0 bridgehead atoms. The first-order chi connectivity index (χ1) is 13.9. The Morgan fingerprint density at radius 1 is 1.38 bits per heavy atom. The van der Waals surface area contributed by atoms with E-state index in [0.29, 0.717) is 22.5 Å². The quantitative estimate of drug-likeness (QED) is 0.309. The second-order valence-electron chi connectivity index (χ2n) is 6.44. The highest BCUT2D eigenvalue weighted by Crippen LogP contribution is 2.23. The minimum atomic E-state index is -0.202. The Balaban J connectivity index is 2.06. The Kier molecular flexibility index (Phi) is 7.03. The third-order valence-corrected chi connectivity index (χ3v) is 5.79. The molecule has 0 amide bonds. The molecule has 0 spiro atoms. The van der Waals surface area contributed by atoms with Crippen molar-refractivity contribution in [2.45, 2.75) is 26.2 Å². The van der Waals surface area contributed by atoms with Gasteiger partial charge in [-0.2, -0.15) is 15.0 Å². The first-order valence-corrected chi connectivity index (χ1v) is 10.9. The summed E-state index contributed by atoms with van der Waals surface area (Å²) in [5.74, 6) is 1.35. The van der Waals surface area contributed by atoms with E-state index < -0.39 is 0 Å². The molecule has 0 fully saturated rings. The minimum Gasteiger partial charge on any atom is -0.478 e. The molecule has 0 radical (unpaired) electrons. The average molecular weight is 565 g/mol. The molecule has 148 valence electrons. The van der Waals surface area contributed by atoms with E-state index in [9.17, 15) is 4.79 Å². The zero-order valence-electron chi connectivity index (χ0n) is 15.9. The van der Waals surface area contributed by atoms with Gasteiger partial charge in [-0.05, 0) is 71.0 Å². The lowest BCUT2D eigenvalue weighted by molar-refractivity contribution is 0.365. The number of halogens is 2. The van der Waals surface area contributed by atoms with Crippen LogP contribution in [0.2, 0.25) is 0 Å². The smallest absolute Gasteiger partial charge is 0.282 e. The van der Waals surface area contributed by atoms with E-state index in [1.54, 1.807) is 18.3 Å². The number of ether oxygens (including phenoxy) is 1. The van der Waals surface area contributed by atoms with Crippen molar-refractivity contribution in [3.8, 4) is 11.8 Å². The topological polar surface area (TPSA) is 80.3 Å². The normalized spacial score (nSPS) is 12.2. The number of fused-ring (bicyclic) bond motifs is 1. The van der Waals surface area contributed by atoms with Crippen molar-refractivity contribution < 1.29 is 4.74 Å². The molecule has 3 aromatic rings. The highest BCUT2D eigenvalue weighted by Gasteiger charge is 2.15. The van der Waals surface area contributed by atoms with Crippen LogP contribution in [0.15, 0.2) is 50.8 Å². The molecule has 29 heavy (non-hydrogen) atoms. The summed E-state index contributed by atoms with van der Waals surface area (Å²) in [6.45, 7) is 4.08.